The SMILES string of the molecule is CCNc1c(C)c(CC)nc2ccc(OCC)cc12. The van der Waals surface area contributed by atoms with Gasteiger partial charge in [-0.05, 0) is 51.0 Å². The smallest absolute Gasteiger partial charge is 0.120 e. The standard InChI is InChI=1S/C16H22N2O/c1-5-14-11(4)16(17-6-2)13-10-12(19-7-3)8-9-15(13)18-14/h8-10H,5-7H2,1-4H3,(H,17,18). The molecule has 0 aliphatic rings. The number of nitrogens with one attached hydrogen (secondary N) is 1. The largest absolute Gasteiger partial charge is 0.494 e. The Bertz CT molecular complexity index is 578. The zero-order valence-electron chi connectivity index (χ0n) is 12.2. The molecule has 0 fully saturated rings. The van der Waals surface area contributed by atoms with E-state index in [1.807, 2.05) is 19.1 Å². The van der Waals surface area contributed by atoms with Crippen LogP contribution in [0.5, 0.6) is 5.75 Å². The molecule has 1 aromatic carbocycles. The summed E-state index contributed by atoms with van der Waals surface area (Å²) in [7, 11) is 0. The van der Waals surface area contributed by atoms with Gasteiger partial charge in [-0.25, -0.2) is 0 Å². The molecule has 0 aliphatic heterocycles. The second-order valence-electron chi connectivity index (χ2n) is 4.55. The van der Waals surface area contributed by atoms with E-state index in [0.717, 1.165) is 35.3 Å². The van der Waals surface area contributed by atoms with Crippen LogP contribution in [0.3, 0.4) is 0 Å². The molecule has 0 aliphatic carbocycles. The quantitative estimate of drug-likeness (QED) is 0.882. The van der Waals surface area contributed by atoms with Crippen molar-refractivity contribution in [2.45, 2.75) is 34.1 Å². The molecule has 0 spiro atoms. The van der Waals surface area contributed by atoms with Gasteiger partial charge in [-0.1, -0.05) is 6.92 Å². The van der Waals surface area contributed by atoms with E-state index in [1.54, 1.807) is 0 Å². The minimum absolute atomic E-state index is 0.682. The lowest BCUT2D eigenvalue weighted by Crippen LogP contribution is -2.04. The number of aromatic nitrogens is 1. The lowest BCUT2D eigenvalue weighted by molar-refractivity contribution is 0.340. The second-order valence-corrected chi connectivity index (χ2v) is 4.55. The third-order valence-electron chi connectivity index (χ3n) is 3.30. The number of fused-ring (bicyclic) bond motifs is 1. The molecule has 0 atom stereocenters. The second kappa shape index (κ2) is 5.91. The molecule has 0 bridgehead atoms. The molecule has 0 saturated carbocycles. The predicted molar refractivity (Wildman–Crippen MR) is 81.2 cm³/mol. The summed E-state index contributed by atoms with van der Waals surface area (Å²) in [6.07, 6.45) is 0.952. The molecule has 1 heterocycles. The summed E-state index contributed by atoms with van der Waals surface area (Å²) in [5.41, 5.74) is 4.62. The number of hydrogen-bond donors (Lipinski definition) is 1. The van der Waals surface area contributed by atoms with E-state index in [0.29, 0.717) is 6.61 Å². The number of benzene rings is 1. The maximum absolute atomic E-state index is 5.59. The van der Waals surface area contributed by atoms with Crippen LogP contribution in [-0.2, 0) is 6.42 Å². The van der Waals surface area contributed by atoms with Crippen LogP contribution < -0.4 is 10.1 Å². The first-order chi connectivity index (χ1) is 9.21. The molecule has 3 nitrogen and oxygen atoms in total. The van der Waals surface area contributed by atoms with Gasteiger partial charge in [-0.15, -0.1) is 0 Å². The highest BCUT2D eigenvalue weighted by molar-refractivity contribution is 5.94. The highest BCUT2D eigenvalue weighted by Crippen LogP contribution is 2.31. The molecule has 0 amide bonds. The van der Waals surface area contributed by atoms with Gasteiger partial charge in [-0.2, -0.15) is 0 Å². The molecule has 2 rings (SSSR count). The summed E-state index contributed by atoms with van der Waals surface area (Å²) in [4.78, 5) is 4.74. The van der Waals surface area contributed by atoms with E-state index in [9.17, 15) is 0 Å². The molecule has 0 saturated heterocycles. The Labute approximate surface area is 115 Å². The van der Waals surface area contributed by atoms with E-state index in [1.165, 1.54) is 11.3 Å². The van der Waals surface area contributed by atoms with E-state index < -0.39 is 0 Å². The van der Waals surface area contributed by atoms with Crippen molar-refractivity contribution in [2.24, 2.45) is 0 Å². The van der Waals surface area contributed by atoms with E-state index in [2.05, 4.69) is 32.2 Å². The van der Waals surface area contributed by atoms with Crippen LogP contribution in [0.15, 0.2) is 18.2 Å². The molecule has 1 N–H and O–H groups in total. The number of hydrogen-bond acceptors (Lipinski definition) is 3. The summed E-state index contributed by atoms with van der Waals surface area (Å²) in [5.74, 6) is 0.902. The number of aryl methyl sites for hydroxylation is 1. The van der Waals surface area contributed by atoms with Crippen LogP contribution in [0, 0.1) is 6.92 Å². The number of pyridine rings is 1. The van der Waals surface area contributed by atoms with Crippen molar-refractivity contribution in [3.63, 3.8) is 0 Å². The van der Waals surface area contributed by atoms with Crippen LogP contribution in [0.1, 0.15) is 32.0 Å². The molecule has 0 radical (unpaired) electrons. The lowest BCUT2D eigenvalue weighted by atomic mass is 10.0. The van der Waals surface area contributed by atoms with Crippen molar-refractivity contribution >= 4 is 16.6 Å². The van der Waals surface area contributed by atoms with Crippen LogP contribution in [-0.4, -0.2) is 18.1 Å². The molecular weight excluding hydrogens is 236 g/mol. The third kappa shape index (κ3) is 2.65. The van der Waals surface area contributed by atoms with Crippen LogP contribution in [0.4, 0.5) is 5.69 Å². The molecule has 1 aromatic heterocycles. The third-order valence-corrected chi connectivity index (χ3v) is 3.30. The van der Waals surface area contributed by atoms with Gasteiger partial charge >= 0.3 is 0 Å². The summed E-state index contributed by atoms with van der Waals surface area (Å²) in [6.45, 7) is 9.98. The molecule has 102 valence electrons. The van der Waals surface area contributed by atoms with Crippen LogP contribution in [0.25, 0.3) is 10.9 Å². The molecule has 3 heteroatoms. The number of anilines is 1. The van der Waals surface area contributed by atoms with Gasteiger partial charge in [0.05, 0.1) is 12.1 Å². The topological polar surface area (TPSA) is 34.2 Å². The van der Waals surface area contributed by atoms with Crippen molar-refractivity contribution in [3.05, 3.63) is 29.5 Å². The number of ether oxygens (including phenoxy) is 1. The highest BCUT2D eigenvalue weighted by atomic mass is 16.5. The Balaban J connectivity index is 2.66. The number of rotatable bonds is 5. The van der Waals surface area contributed by atoms with Gasteiger partial charge < -0.3 is 10.1 Å². The average molecular weight is 258 g/mol. The van der Waals surface area contributed by atoms with Gasteiger partial charge in [0, 0.05) is 23.3 Å². The Morgan fingerprint density at radius 2 is 2.00 bits per heavy atom. The average Bonchev–Trinajstić information content (AvgIpc) is 2.42. The van der Waals surface area contributed by atoms with Gasteiger partial charge in [0.25, 0.3) is 0 Å². The molecule has 2 aromatic rings. The van der Waals surface area contributed by atoms with Crippen molar-refractivity contribution in [2.75, 3.05) is 18.5 Å². The Morgan fingerprint density at radius 3 is 2.63 bits per heavy atom. The normalized spacial score (nSPS) is 10.7. The van der Waals surface area contributed by atoms with E-state index in [-0.39, 0.29) is 0 Å². The van der Waals surface area contributed by atoms with Gasteiger partial charge in [0.1, 0.15) is 5.75 Å². The monoisotopic (exact) mass is 258 g/mol. The zero-order chi connectivity index (χ0) is 13.8. The summed E-state index contributed by atoms with van der Waals surface area (Å²) in [6, 6.07) is 6.11. The summed E-state index contributed by atoms with van der Waals surface area (Å²) in [5, 5.41) is 4.61. The molecule has 19 heavy (non-hydrogen) atoms. The van der Waals surface area contributed by atoms with Gasteiger partial charge in [0.2, 0.25) is 0 Å². The van der Waals surface area contributed by atoms with Crippen LogP contribution in [0.2, 0.25) is 0 Å². The fourth-order valence-corrected chi connectivity index (χ4v) is 2.39. The molecular formula is C16H22N2O. The first-order valence-corrected chi connectivity index (χ1v) is 7.01. The van der Waals surface area contributed by atoms with E-state index in [4.69, 9.17) is 9.72 Å². The maximum atomic E-state index is 5.59. The van der Waals surface area contributed by atoms with E-state index >= 15 is 0 Å². The summed E-state index contributed by atoms with van der Waals surface area (Å²) < 4.78 is 5.59. The van der Waals surface area contributed by atoms with Gasteiger partial charge in [-0.3, -0.25) is 4.98 Å². The zero-order valence-corrected chi connectivity index (χ0v) is 12.2. The Hall–Kier alpha value is -1.77. The summed E-state index contributed by atoms with van der Waals surface area (Å²) >= 11 is 0. The lowest BCUT2D eigenvalue weighted by Gasteiger charge is -2.15. The van der Waals surface area contributed by atoms with Crippen molar-refractivity contribution in [1.29, 1.82) is 0 Å². The Kier molecular flexibility index (Phi) is 4.25. The Morgan fingerprint density at radius 1 is 1.21 bits per heavy atom. The number of nitrogens with zero attached hydrogens (tertiary/aromatic N) is 1. The highest BCUT2D eigenvalue weighted by Gasteiger charge is 2.11. The minimum Gasteiger partial charge on any atom is -0.494 e. The van der Waals surface area contributed by atoms with Gasteiger partial charge in [0.15, 0.2) is 0 Å². The fraction of sp³-hybridized carbons (Fsp3) is 0.438. The van der Waals surface area contributed by atoms with Crippen molar-refractivity contribution in [1.82, 2.24) is 4.98 Å². The predicted octanol–water partition coefficient (Wildman–Crippen LogP) is 3.94. The van der Waals surface area contributed by atoms with Crippen molar-refractivity contribution < 1.29 is 4.74 Å². The first-order valence-electron chi connectivity index (χ1n) is 7.01. The van der Waals surface area contributed by atoms with Crippen LogP contribution >= 0.6 is 0 Å². The maximum Gasteiger partial charge on any atom is 0.120 e. The molecule has 0 unspecified atom stereocenters. The fourth-order valence-electron chi connectivity index (χ4n) is 2.39. The van der Waals surface area contributed by atoms with Crippen molar-refractivity contribution in [3.8, 4) is 5.75 Å². The first kappa shape index (κ1) is 13.7. The minimum atomic E-state index is 0.682.